The first kappa shape index (κ1) is 18.1. The minimum Gasteiger partial charge on any atom is -0.355 e. The van der Waals surface area contributed by atoms with Gasteiger partial charge in [-0.2, -0.15) is 5.10 Å². The van der Waals surface area contributed by atoms with Crippen molar-refractivity contribution in [2.24, 2.45) is 0 Å². The number of carbonyl (C=O) groups excluding carboxylic acids is 1. The molecule has 0 saturated heterocycles. The smallest absolute Gasteiger partial charge is 0.279 e. The number of amides is 1. The van der Waals surface area contributed by atoms with Crippen LogP contribution in [0.25, 0.3) is 11.3 Å². The van der Waals surface area contributed by atoms with Crippen LogP contribution in [0.2, 0.25) is 0 Å². The molecule has 4 rings (SSSR count). The fourth-order valence-corrected chi connectivity index (χ4v) is 3.07. The molecule has 0 bridgehead atoms. The van der Waals surface area contributed by atoms with Gasteiger partial charge in [0, 0.05) is 23.4 Å². The number of benzene rings is 2. The normalized spacial score (nSPS) is 10.8. The van der Waals surface area contributed by atoms with Crippen LogP contribution < -0.4 is 5.32 Å². The number of hydrogen-bond acceptors (Lipinski definition) is 4. The van der Waals surface area contributed by atoms with Gasteiger partial charge in [-0.1, -0.05) is 53.7 Å². The highest BCUT2D eigenvalue weighted by Crippen LogP contribution is 2.23. The third-order valence-electron chi connectivity index (χ3n) is 4.04. The lowest BCUT2D eigenvalue weighted by atomic mass is 10.1. The molecule has 1 amide bonds. The van der Waals surface area contributed by atoms with Crippen molar-refractivity contribution in [1.82, 2.24) is 14.9 Å². The number of aromatic nitrogens is 3. The molecule has 2 aromatic carbocycles. The second-order valence-electron chi connectivity index (χ2n) is 6.01. The minimum absolute atomic E-state index is 0.134. The predicted molar refractivity (Wildman–Crippen MR) is 105 cm³/mol. The number of carbonyl (C=O) groups is 1. The van der Waals surface area contributed by atoms with Gasteiger partial charge in [-0.25, -0.2) is 4.39 Å². The van der Waals surface area contributed by atoms with Crippen LogP contribution in [0.15, 0.2) is 75.9 Å². The zero-order chi connectivity index (χ0) is 19.5. The molecule has 0 fully saturated rings. The van der Waals surface area contributed by atoms with Gasteiger partial charge in [0.25, 0.3) is 5.91 Å². The van der Waals surface area contributed by atoms with Crippen molar-refractivity contribution in [2.75, 3.05) is 5.32 Å². The second kappa shape index (κ2) is 7.77. The third-order valence-corrected chi connectivity index (χ3v) is 4.62. The summed E-state index contributed by atoms with van der Waals surface area (Å²) in [5.41, 5.74) is 1.46. The Morgan fingerprint density at radius 3 is 2.68 bits per heavy atom. The van der Waals surface area contributed by atoms with Crippen molar-refractivity contribution in [3.05, 3.63) is 88.4 Å². The molecule has 28 heavy (non-hydrogen) atoms. The summed E-state index contributed by atoms with van der Waals surface area (Å²) in [5, 5.41) is 10.8. The maximum Gasteiger partial charge on any atom is 0.279 e. The van der Waals surface area contributed by atoms with Crippen LogP contribution >= 0.6 is 15.9 Å². The Labute approximate surface area is 168 Å². The standard InChI is InChI=1S/C20H14BrFN4O2/c21-15-12-26(11-14-8-4-5-9-16(14)22)24-19(15)23-20(27)17-10-18(28-25-17)13-6-2-1-3-7-13/h1-10,12H,11H2,(H,23,24,27). The Morgan fingerprint density at radius 1 is 1.14 bits per heavy atom. The Kier molecular flexibility index (Phi) is 5.03. The summed E-state index contributed by atoms with van der Waals surface area (Å²) < 4.78 is 21.2. The Bertz CT molecular complexity index is 1120. The van der Waals surface area contributed by atoms with E-state index in [1.165, 1.54) is 10.7 Å². The minimum atomic E-state index is -0.456. The predicted octanol–water partition coefficient (Wildman–Crippen LogP) is 4.74. The molecular weight excluding hydrogens is 427 g/mol. The van der Waals surface area contributed by atoms with Crippen LogP contribution in [0.1, 0.15) is 16.1 Å². The van der Waals surface area contributed by atoms with Gasteiger partial charge < -0.3 is 9.84 Å². The van der Waals surface area contributed by atoms with Gasteiger partial charge in [0.15, 0.2) is 17.3 Å². The molecule has 2 heterocycles. The SMILES string of the molecule is O=C(Nc1nn(Cc2ccccc2F)cc1Br)c1cc(-c2ccccc2)on1. The van der Waals surface area contributed by atoms with Crippen LogP contribution in [0.5, 0.6) is 0 Å². The van der Waals surface area contributed by atoms with E-state index in [2.05, 4.69) is 31.5 Å². The first-order chi connectivity index (χ1) is 13.6. The molecule has 0 aliphatic rings. The zero-order valence-electron chi connectivity index (χ0n) is 14.5. The van der Waals surface area contributed by atoms with Crippen LogP contribution in [0, 0.1) is 5.82 Å². The molecule has 0 aliphatic carbocycles. The number of hydrogen-bond donors (Lipinski definition) is 1. The van der Waals surface area contributed by atoms with E-state index >= 15 is 0 Å². The lowest BCUT2D eigenvalue weighted by Gasteiger charge is -2.03. The van der Waals surface area contributed by atoms with Crippen molar-refractivity contribution in [3.8, 4) is 11.3 Å². The molecular formula is C20H14BrFN4O2. The van der Waals surface area contributed by atoms with E-state index in [-0.39, 0.29) is 18.1 Å². The summed E-state index contributed by atoms with van der Waals surface area (Å²) in [7, 11) is 0. The third kappa shape index (κ3) is 3.86. The monoisotopic (exact) mass is 440 g/mol. The first-order valence-electron chi connectivity index (χ1n) is 8.40. The van der Waals surface area contributed by atoms with E-state index in [1.807, 2.05) is 30.3 Å². The van der Waals surface area contributed by atoms with E-state index in [4.69, 9.17) is 4.52 Å². The van der Waals surface area contributed by atoms with E-state index in [1.54, 1.807) is 30.5 Å². The molecule has 140 valence electrons. The van der Waals surface area contributed by atoms with Crippen molar-refractivity contribution < 1.29 is 13.7 Å². The molecule has 6 nitrogen and oxygen atoms in total. The van der Waals surface area contributed by atoms with Crippen molar-refractivity contribution in [2.45, 2.75) is 6.54 Å². The van der Waals surface area contributed by atoms with E-state index < -0.39 is 5.91 Å². The first-order valence-corrected chi connectivity index (χ1v) is 9.19. The summed E-state index contributed by atoms with van der Waals surface area (Å²) >= 11 is 3.36. The van der Waals surface area contributed by atoms with Crippen LogP contribution in [-0.4, -0.2) is 20.8 Å². The molecule has 2 aromatic heterocycles. The number of rotatable bonds is 5. The van der Waals surface area contributed by atoms with E-state index in [0.29, 0.717) is 21.6 Å². The second-order valence-corrected chi connectivity index (χ2v) is 6.87. The number of nitrogens with one attached hydrogen (secondary N) is 1. The summed E-state index contributed by atoms with van der Waals surface area (Å²) in [6, 6.07) is 17.4. The van der Waals surface area contributed by atoms with Gasteiger partial charge in [-0.3, -0.25) is 9.48 Å². The fourth-order valence-electron chi connectivity index (χ4n) is 2.66. The molecule has 0 atom stereocenters. The lowest BCUT2D eigenvalue weighted by molar-refractivity contribution is 0.101. The van der Waals surface area contributed by atoms with Crippen LogP contribution in [-0.2, 0) is 6.54 Å². The molecule has 0 spiro atoms. The molecule has 0 radical (unpaired) electrons. The van der Waals surface area contributed by atoms with Gasteiger partial charge in [-0.15, -0.1) is 0 Å². The summed E-state index contributed by atoms with van der Waals surface area (Å²) in [5.74, 6) is 0.0408. The van der Waals surface area contributed by atoms with Gasteiger partial charge in [0.1, 0.15) is 5.82 Å². The number of halogens is 2. The van der Waals surface area contributed by atoms with Gasteiger partial charge in [0.05, 0.1) is 11.0 Å². The highest BCUT2D eigenvalue weighted by Gasteiger charge is 2.17. The zero-order valence-corrected chi connectivity index (χ0v) is 16.1. The molecule has 0 aliphatic heterocycles. The summed E-state index contributed by atoms with van der Waals surface area (Å²) in [6.45, 7) is 0.239. The highest BCUT2D eigenvalue weighted by molar-refractivity contribution is 9.10. The Balaban J connectivity index is 1.49. The topological polar surface area (TPSA) is 73.0 Å². The van der Waals surface area contributed by atoms with Gasteiger partial charge in [-0.05, 0) is 22.0 Å². The Hall–Kier alpha value is -3.26. The quantitative estimate of drug-likeness (QED) is 0.486. The highest BCUT2D eigenvalue weighted by atomic mass is 79.9. The maximum atomic E-state index is 13.8. The van der Waals surface area contributed by atoms with Crippen molar-refractivity contribution in [1.29, 1.82) is 0 Å². The van der Waals surface area contributed by atoms with Gasteiger partial charge >= 0.3 is 0 Å². The van der Waals surface area contributed by atoms with E-state index in [9.17, 15) is 9.18 Å². The lowest BCUT2D eigenvalue weighted by Crippen LogP contribution is -2.13. The summed E-state index contributed by atoms with van der Waals surface area (Å²) in [4.78, 5) is 12.5. The summed E-state index contributed by atoms with van der Waals surface area (Å²) in [6.07, 6.45) is 1.67. The molecule has 4 aromatic rings. The maximum absolute atomic E-state index is 13.8. The largest absolute Gasteiger partial charge is 0.355 e. The van der Waals surface area contributed by atoms with Crippen molar-refractivity contribution >= 4 is 27.7 Å². The molecule has 8 heteroatoms. The van der Waals surface area contributed by atoms with Crippen LogP contribution in [0.3, 0.4) is 0 Å². The van der Waals surface area contributed by atoms with Gasteiger partial charge in [0.2, 0.25) is 0 Å². The number of anilines is 1. The van der Waals surface area contributed by atoms with E-state index in [0.717, 1.165) is 5.56 Å². The average molecular weight is 441 g/mol. The average Bonchev–Trinajstić information content (AvgIpc) is 3.32. The number of nitrogens with zero attached hydrogens (tertiary/aromatic N) is 3. The molecule has 0 unspecified atom stereocenters. The van der Waals surface area contributed by atoms with Crippen LogP contribution in [0.4, 0.5) is 10.2 Å². The molecule has 1 N–H and O–H groups in total. The molecule has 0 saturated carbocycles. The fraction of sp³-hybridized carbons (Fsp3) is 0.0500. The van der Waals surface area contributed by atoms with Crippen molar-refractivity contribution in [3.63, 3.8) is 0 Å². The Morgan fingerprint density at radius 2 is 1.89 bits per heavy atom.